The summed E-state index contributed by atoms with van der Waals surface area (Å²) in [5, 5.41) is 11.7. The first-order valence-corrected chi connectivity index (χ1v) is 8.30. The van der Waals surface area contributed by atoms with Gasteiger partial charge in [0.25, 0.3) is 0 Å². The van der Waals surface area contributed by atoms with E-state index in [2.05, 4.69) is 21.3 Å². The maximum Gasteiger partial charge on any atom is 0.319 e. The van der Waals surface area contributed by atoms with Crippen LogP contribution < -0.4 is 21.3 Å². The van der Waals surface area contributed by atoms with Gasteiger partial charge in [-0.05, 0) is 55.9 Å². The van der Waals surface area contributed by atoms with Crippen molar-refractivity contribution in [2.24, 2.45) is 0 Å². The Bertz CT molecular complexity index is 734. The van der Waals surface area contributed by atoms with E-state index in [0.717, 1.165) is 5.56 Å². The zero-order valence-electron chi connectivity index (χ0n) is 14.1. The Labute approximate surface area is 152 Å². The van der Waals surface area contributed by atoms with Crippen LogP contribution in [-0.4, -0.2) is 17.2 Å². The molecule has 0 bridgehead atoms. The molecule has 0 unspecified atom stereocenters. The lowest BCUT2D eigenvalue weighted by molar-refractivity contribution is 0.250. The highest BCUT2D eigenvalue weighted by molar-refractivity contribution is 7.80. The van der Waals surface area contributed by atoms with Crippen LogP contribution in [0.4, 0.5) is 20.6 Å². The van der Waals surface area contributed by atoms with Crippen molar-refractivity contribution in [2.45, 2.75) is 26.4 Å². The van der Waals surface area contributed by atoms with Crippen LogP contribution in [0.15, 0.2) is 48.5 Å². The molecule has 0 atom stereocenters. The number of hydrogen-bond acceptors (Lipinski definition) is 2. The molecule has 0 saturated heterocycles. The highest BCUT2D eigenvalue weighted by Gasteiger charge is 2.05. The minimum atomic E-state index is -0.359. The minimum absolute atomic E-state index is 0.0754. The molecular weight excluding hydrogens is 339 g/mol. The lowest BCUT2D eigenvalue weighted by atomic mass is 10.2. The highest BCUT2D eigenvalue weighted by atomic mass is 32.1. The molecule has 2 aromatic rings. The summed E-state index contributed by atoms with van der Waals surface area (Å²) in [6, 6.07) is 13.5. The molecule has 0 aliphatic rings. The molecule has 0 radical (unpaired) electrons. The molecule has 2 rings (SSSR count). The third kappa shape index (κ3) is 6.39. The van der Waals surface area contributed by atoms with Gasteiger partial charge in [-0.15, -0.1) is 0 Å². The van der Waals surface area contributed by atoms with Gasteiger partial charge in [0, 0.05) is 18.3 Å². The Balaban J connectivity index is 1.82. The van der Waals surface area contributed by atoms with E-state index in [1.54, 1.807) is 18.2 Å². The van der Waals surface area contributed by atoms with Crippen LogP contribution in [0.25, 0.3) is 0 Å². The molecule has 0 spiro atoms. The number of nitrogens with one attached hydrogen (secondary N) is 4. The number of carbonyl (C=O) groups is 1. The van der Waals surface area contributed by atoms with E-state index in [4.69, 9.17) is 12.2 Å². The van der Waals surface area contributed by atoms with Gasteiger partial charge < -0.3 is 21.3 Å². The second-order valence-corrected chi connectivity index (χ2v) is 6.15. The predicted molar refractivity (Wildman–Crippen MR) is 103 cm³/mol. The smallest absolute Gasteiger partial charge is 0.319 e. The first kappa shape index (κ1) is 18.7. The van der Waals surface area contributed by atoms with E-state index in [1.165, 1.54) is 6.07 Å². The number of carbonyl (C=O) groups excluding carboxylic acids is 1. The summed E-state index contributed by atoms with van der Waals surface area (Å²) >= 11 is 5.16. The Kier molecular flexibility index (Phi) is 6.71. The van der Waals surface area contributed by atoms with Crippen molar-refractivity contribution in [3.05, 3.63) is 59.9 Å². The SMILES string of the molecule is CC(C)NC(=O)Nc1ccc(CNC(=S)Nc2ccccc2F)cc1. The van der Waals surface area contributed by atoms with Gasteiger partial charge in [-0.1, -0.05) is 24.3 Å². The van der Waals surface area contributed by atoms with Crippen LogP contribution in [0.1, 0.15) is 19.4 Å². The normalized spacial score (nSPS) is 10.2. The molecule has 0 heterocycles. The summed E-state index contributed by atoms with van der Waals surface area (Å²) in [5.41, 5.74) is 2.01. The number of benzene rings is 2. The molecule has 4 N–H and O–H groups in total. The number of hydrogen-bond donors (Lipinski definition) is 4. The molecule has 25 heavy (non-hydrogen) atoms. The number of urea groups is 1. The summed E-state index contributed by atoms with van der Waals surface area (Å²) in [7, 11) is 0. The van der Waals surface area contributed by atoms with Gasteiger partial charge in [-0.25, -0.2) is 9.18 Å². The average molecular weight is 360 g/mol. The van der Waals surface area contributed by atoms with Crippen LogP contribution in [0, 0.1) is 5.82 Å². The van der Waals surface area contributed by atoms with E-state index in [1.807, 2.05) is 38.1 Å². The van der Waals surface area contributed by atoms with Gasteiger partial charge in [0.05, 0.1) is 5.69 Å². The molecule has 0 aliphatic heterocycles. The number of rotatable bonds is 5. The van der Waals surface area contributed by atoms with E-state index >= 15 is 0 Å². The lowest BCUT2D eigenvalue weighted by Crippen LogP contribution is -2.34. The molecule has 132 valence electrons. The van der Waals surface area contributed by atoms with Gasteiger partial charge in [0.2, 0.25) is 0 Å². The van der Waals surface area contributed by atoms with Crippen molar-refractivity contribution in [2.75, 3.05) is 10.6 Å². The molecular formula is C18H21FN4OS. The molecule has 7 heteroatoms. The van der Waals surface area contributed by atoms with Gasteiger partial charge in [-0.2, -0.15) is 0 Å². The zero-order chi connectivity index (χ0) is 18.2. The summed E-state index contributed by atoms with van der Waals surface area (Å²) < 4.78 is 13.6. The number of anilines is 2. The molecule has 0 saturated carbocycles. The van der Waals surface area contributed by atoms with Gasteiger partial charge in [-0.3, -0.25) is 0 Å². The van der Waals surface area contributed by atoms with Gasteiger partial charge >= 0.3 is 6.03 Å². The van der Waals surface area contributed by atoms with E-state index in [9.17, 15) is 9.18 Å². The molecule has 2 amide bonds. The Hall–Kier alpha value is -2.67. The predicted octanol–water partition coefficient (Wildman–Crippen LogP) is 3.84. The third-order valence-electron chi connectivity index (χ3n) is 3.21. The number of thiocarbonyl (C=S) groups is 1. The minimum Gasteiger partial charge on any atom is -0.358 e. The van der Waals surface area contributed by atoms with Crippen molar-refractivity contribution in [1.29, 1.82) is 0 Å². The summed E-state index contributed by atoms with van der Waals surface area (Å²) in [5.74, 6) is -0.359. The molecule has 0 aromatic heterocycles. The van der Waals surface area contributed by atoms with Crippen LogP contribution in [0.2, 0.25) is 0 Å². The molecule has 0 aliphatic carbocycles. The fourth-order valence-corrected chi connectivity index (χ4v) is 2.23. The fourth-order valence-electron chi connectivity index (χ4n) is 2.05. The topological polar surface area (TPSA) is 65.2 Å². The largest absolute Gasteiger partial charge is 0.358 e. The summed E-state index contributed by atoms with van der Waals surface area (Å²) in [6.45, 7) is 4.28. The number of halogens is 1. The average Bonchev–Trinajstić information content (AvgIpc) is 2.55. The lowest BCUT2D eigenvalue weighted by Gasteiger charge is -2.12. The quantitative estimate of drug-likeness (QED) is 0.612. The van der Waals surface area contributed by atoms with Crippen LogP contribution >= 0.6 is 12.2 Å². The monoisotopic (exact) mass is 360 g/mol. The Morgan fingerprint density at radius 1 is 1.08 bits per heavy atom. The van der Waals surface area contributed by atoms with Gasteiger partial charge in [0.15, 0.2) is 5.11 Å². The number of amides is 2. The van der Waals surface area contributed by atoms with E-state index in [0.29, 0.717) is 23.0 Å². The second-order valence-electron chi connectivity index (χ2n) is 5.74. The van der Waals surface area contributed by atoms with Crippen molar-refractivity contribution in [1.82, 2.24) is 10.6 Å². The fraction of sp³-hybridized carbons (Fsp3) is 0.222. The van der Waals surface area contributed by atoms with Crippen molar-refractivity contribution < 1.29 is 9.18 Å². The zero-order valence-corrected chi connectivity index (χ0v) is 14.9. The molecule has 0 fully saturated rings. The first-order chi connectivity index (χ1) is 11.9. The van der Waals surface area contributed by atoms with Crippen LogP contribution in [-0.2, 0) is 6.54 Å². The maximum absolute atomic E-state index is 13.6. The van der Waals surface area contributed by atoms with Crippen LogP contribution in [0.3, 0.4) is 0 Å². The molecule has 5 nitrogen and oxygen atoms in total. The van der Waals surface area contributed by atoms with Crippen molar-refractivity contribution >= 4 is 34.7 Å². The molecule has 2 aromatic carbocycles. The second kappa shape index (κ2) is 8.98. The van der Waals surface area contributed by atoms with Crippen molar-refractivity contribution in [3.8, 4) is 0 Å². The van der Waals surface area contributed by atoms with Crippen molar-refractivity contribution in [3.63, 3.8) is 0 Å². The standard InChI is InChI=1S/C18H21FN4OS/c1-12(2)21-17(24)22-14-9-7-13(8-10-14)11-20-18(25)23-16-6-4-3-5-15(16)19/h3-10,12H,11H2,1-2H3,(H2,20,23,25)(H2,21,22,24). The first-order valence-electron chi connectivity index (χ1n) is 7.90. The van der Waals surface area contributed by atoms with Gasteiger partial charge in [0.1, 0.15) is 5.82 Å². The number of para-hydroxylation sites is 1. The maximum atomic E-state index is 13.6. The Morgan fingerprint density at radius 2 is 1.76 bits per heavy atom. The van der Waals surface area contributed by atoms with E-state index < -0.39 is 0 Å². The third-order valence-corrected chi connectivity index (χ3v) is 3.45. The van der Waals surface area contributed by atoms with E-state index in [-0.39, 0.29) is 17.9 Å². The van der Waals surface area contributed by atoms with Crippen LogP contribution in [0.5, 0.6) is 0 Å². The summed E-state index contributed by atoms with van der Waals surface area (Å²) in [6.07, 6.45) is 0. The Morgan fingerprint density at radius 3 is 2.40 bits per heavy atom. The highest BCUT2D eigenvalue weighted by Crippen LogP contribution is 2.12. The summed E-state index contributed by atoms with van der Waals surface area (Å²) in [4.78, 5) is 11.6.